The van der Waals surface area contributed by atoms with Crippen molar-refractivity contribution >= 4 is 16.9 Å². The van der Waals surface area contributed by atoms with Gasteiger partial charge in [-0.1, -0.05) is 17.8 Å². The first-order valence-corrected chi connectivity index (χ1v) is 4.37. The minimum atomic E-state index is 0.376. The van der Waals surface area contributed by atoms with Gasteiger partial charge in [-0.25, -0.2) is 0 Å². The highest BCUT2D eigenvalue weighted by atomic mass is 32.2. The Morgan fingerprint density at radius 2 is 2.42 bits per heavy atom. The van der Waals surface area contributed by atoms with Crippen molar-refractivity contribution in [2.75, 3.05) is 0 Å². The zero-order valence-electron chi connectivity index (χ0n) is 6.47. The molecule has 12 heavy (non-hydrogen) atoms. The van der Waals surface area contributed by atoms with Crippen molar-refractivity contribution in [3.63, 3.8) is 0 Å². The third-order valence-electron chi connectivity index (χ3n) is 1.22. The van der Waals surface area contributed by atoms with Gasteiger partial charge in [0.1, 0.15) is 0 Å². The molecule has 0 radical (unpaired) electrons. The Morgan fingerprint density at radius 3 is 3.00 bits per heavy atom. The van der Waals surface area contributed by atoms with Crippen LogP contribution in [0.15, 0.2) is 29.5 Å². The predicted molar refractivity (Wildman–Crippen MR) is 51.3 cm³/mol. The highest BCUT2D eigenvalue weighted by Crippen LogP contribution is 2.07. The van der Waals surface area contributed by atoms with Gasteiger partial charge in [-0.15, -0.1) is 0 Å². The molecule has 0 aliphatic rings. The third-order valence-corrected chi connectivity index (χ3v) is 2.06. The smallest absolute Gasteiger partial charge is 0.177 e. The third kappa shape index (κ3) is 2.79. The Labute approximate surface area is 75.0 Å². The van der Waals surface area contributed by atoms with Gasteiger partial charge in [0.2, 0.25) is 0 Å². The standard InChI is InChI=1S/C7H10N4S/c8-7(11-9)12-5-6-3-1-2-4-10-6/h1-4H,5,9H2,(H2,8,11). The molecule has 0 aliphatic heterocycles. The van der Waals surface area contributed by atoms with Gasteiger partial charge in [0.15, 0.2) is 5.17 Å². The van der Waals surface area contributed by atoms with Crippen molar-refractivity contribution < 1.29 is 0 Å². The Hall–Kier alpha value is -1.23. The summed E-state index contributed by atoms with van der Waals surface area (Å²) >= 11 is 1.37. The second-order valence-corrected chi connectivity index (χ2v) is 3.07. The molecule has 0 aliphatic carbocycles. The number of nitrogens with two attached hydrogens (primary N) is 2. The van der Waals surface area contributed by atoms with Crippen LogP contribution in [-0.4, -0.2) is 10.2 Å². The Morgan fingerprint density at radius 1 is 1.58 bits per heavy atom. The van der Waals surface area contributed by atoms with Crippen LogP contribution in [0.4, 0.5) is 0 Å². The van der Waals surface area contributed by atoms with Gasteiger partial charge in [0, 0.05) is 11.9 Å². The quantitative estimate of drug-likeness (QED) is 0.302. The molecule has 1 heterocycles. The largest absolute Gasteiger partial charge is 0.377 e. The molecule has 0 saturated heterocycles. The van der Waals surface area contributed by atoms with Gasteiger partial charge >= 0.3 is 0 Å². The lowest BCUT2D eigenvalue weighted by molar-refractivity contribution is 1.18. The number of pyridine rings is 1. The predicted octanol–water partition coefficient (Wildman–Crippen LogP) is 0.503. The van der Waals surface area contributed by atoms with E-state index in [1.54, 1.807) is 6.20 Å². The summed E-state index contributed by atoms with van der Waals surface area (Å²) in [5.74, 6) is 5.66. The molecule has 0 unspecified atom stereocenters. The molecule has 0 fully saturated rings. The van der Waals surface area contributed by atoms with E-state index in [4.69, 9.17) is 11.6 Å². The lowest BCUT2D eigenvalue weighted by atomic mass is 10.4. The zero-order valence-corrected chi connectivity index (χ0v) is 7.29. The molecule has 64 valence electrons. The van der Waals surface area contributed by atoms with Crippen molar-refractivity contribution in [3.8, 4) is 0 Å². The number of hydrogen-bond donors (Lipinski definition) is 2. The number of hydrogen-bond acceptors (Lipinski definition) is 4. The number of amidine groups is 1. The fourth-order valence-corrected chi connectivity index (χ4v) is 1.21. The van der Waals surface area contributed by atoms with Gasteiger partial charge in [0.05, 0.1) is 5.69 Å². The summed E-state index contributed by atoms with van der Waals surface area (Å²) < 4.78 is 0. The van der Waals surface area contributed by atoms with Crippen LogP contribution in [0.25, 0.3) is 0 Å². The molecular weight excluding hydrogens is 172 g/mol. The van der Waals surface area contributed by atoms with Gasteiger partial charge < -0.3 is 11.6 Å². The van der Waals surface area contributed by atoms with Crippen molar-refractivity contribution in [2.24, 2.45) is 16.7 Å². The van der Waals surface area contributed by atoms with Crippen molar-refractivity contribution in [1.82, 2.24) is 4.98 Å². The van der Waals surface area contributed by atoms with E-state index < -0.39 is 0 Å². The highest BCUT2D eigenvalue weighted by Gasteiger charge is 1.95. The summed E-state index contributed by atoms with van der Waals surface area (Å²) in [5, 5.41) is 3.71. The second-order valence-electron chi connectivity index (χ2n) is 2.08. The van der Waals surface area contributed by atoms with Gasteiger partial charge in [-0.3, -0.25) is 4.98 Å². The first-order chi connectivity index (χ1) is 5.83. The summed E-state index contributed by atoms with van der Waals surface area (Å²) in [5.41, 5.74) is 6.35. The topological polar surface area (TPSA) is 77.3 Å². The van der Waals surface area contributed by atoms with Crippen LogP contribution in [-0.2, 0) is 5.75 Å². The van der Waals surface area contributed by atoms with E-state index in [2.05, 4.69) is 10.1 Å². The van der Waals surface area contributed by atoms with E-state index in [0.717, 1.165) is 5.69 Å². The van der Waals surface area contributed by atoms with Crippen molar-refractivity contribution in [3.05, 3.63) is 30.1 Å². The normalized spacial score (nSPS) is 11.5. The van der Waals surface area contributed by atoms with Gasteiger partial charge in [0.25, 0.3) is 0 Å². The van der Waals surface area contributed by atoms with Crippen LogP contribution in [0.5, 0.6) is 0 Å². The first kappa shape index (κ1) is 8.86. The van der Waals surface area contributed by atoms with Gasteiger partial charge in [-0.2, -0.15) is 5.10 Å². The molecule has 1 rings (SSSR count). The maximum atomic E-state index is 5.38. The highest BCUT2D eigenvalue weighted by molar-refractivity contribution is 8.13. The minimum Gasteiger partial charge on any atom is -0.377 e. The summed E-state index contributed by atoms with van der Waals surface area (Å²) in [4.78, 5) is 4.11. The van der Waals surface area contributed by atoms with E-state index in [9.17, 15) is 0 Å². The molecule has 1 aromatic heterocycles. The lowest BCUT2D eigenvalue weighted by Gasteiger charge is -1.97. The molecular formula is C7H10N4S. The molecule has 0 bridgehead atoms. The van der Waals surface area contributed by atoms with Crippen LogP contribution in [0.3, 0.4) is 0 Å². The maximum Gasteiger partial charge on any atom is 0.177 e. The molecule has 0 saturated carbocycles. The summed E-state index contributed by atoms with van der Waals surface area (Å²) in [6.07, 6.45) is 1.74. The molecule has 4 N–H and O–H groups in total. The van der Waals surface area contributed by atoms with Crippen LogP contribution in [0, 0.1) is 0 Å². The summed E-state index contributed by atoms with van der Waals surface area (Å²) in [6, 6.07) is 5.73. The van der Waals surface area contributed by atoms with Crippen LogP contribution >= 0.6 is 11.8 Å². The van der Waals surface area contributed by atoms with Crippen LogP contribution < -0.4 is 11.6 Å². The number of nitrogens with zero attached hydrogens (tertiary/aromatic N) is 2. The zero-order chi connectivity index (χ0) is 8.81. The SMILES string of the molecule is N/N=C(/N)SCc1ccccn1. The average Bonchev–Trinajstić information content (AvgIpc) is 2.16. The molecule has 0 amide bonds. The Balaban J connectivity index is 2.44. The van der Waals surface area contributed by atoms with Crippen LogP contribution in [0.2, 0.25) is 0 Å². The molecule has 0 spiro atoms. The summed E-state index contributed by atoms with van der Waals surface area (Å²) in [6.45, 7) is 0. The lowest BCUT2D eigenvalue weighted by Crippen LogP contribution is -2.09. The second kappa shape index (κ2) is 4.61. The monoisotopic (exact) mass is 182 g/mol. The number of rotatable bonds is 2. The van der Waals surface area contributed by atoms with E-state index in [1.165, 1.54) is 11.8 Å². The average molecular weight is 182 g/mol. The molecule has 5 heteroatoms. The number of aromatic nitrogens is 1. The molecule has 4 nitrogen and oxygen atoms in total. The number of thioether (sulfide) groups is 1. The number of hydrazone groups is 1. The summed E-state index contributed by atoms with van der Waals surface area (Å²) in [7, 11) is 0. The van der Waals surface area contributed by atoms with E-state index in [-0.39, 0.29) is 0 Å². The van der Waals surface area contributed by atoms with Crippen molar-refractivity contribution in [2.45, 2.75) is 5.75 Å². The molecule has 0 atom stereocenters. The Bertz CT molecular complexity index is 259. The van der Waals surface area contributed by atoms with Crippen molar-refractivity contribution in [1.29, 1.82) is 0 Å². The molecule has 1 aromatic rings. The van der Waals surface area contributed by atoms with E-state index >= 15 is 0 Å². The maximum absolute atomic E-state index is 5.38. The fraction of sp³-hybridized carbons (Fsp3) is 0.143. The van der Waals surface area contributed by atoms with E-state index in [1.807, 2.05) is 18.2 Å². The van der Waals surface area contributed by atoms with E-state index in [0.29, 0.717) is 10.9 Å². The van der Waals surface area contributed by atoms with Gasteiger partial charge in [-0.05, 0) is 12.1 Å². The molecule has 0 aromatic carbocycles. The Kier molecular flexibility index (Phi) is 3.40. The fourth-order valence-electron chi connectivity index (χ4n) is 0.669. The first-order valence-electron chi connectivity index (χ1n) is 3.39. The van der Waals surface area contributed by atoms with Crippen LogP contribution in [0.1, 0.15) is 5.69 Å². The minimum absolute atomic E-state index is 0.376.